The summed E-state index contributed by atoms with van der Waals surface area (Å²) in [7, 11) is 0. The number of carboxylic acids is 1. The largest absolute Gasteiger partial charge is 0.482 e. The smallest absolute Gasteiger partial charge is 0.341 e. The van der Waals surface area contributed by atoms with E-state index in [-0.39, 0.29) is 5.91 Å². The first-order chi connectivity index (χ1) is 15.6. The van der Waals surface area contributed by atoms with Gasteiger partial charge in [0.25, 0.3) is 5.91 Å². The third kappa shape index (κ3) is 5.44. The van der Waals surface area contributed by atoms with Gasteiger partial charge in [0.15, 0.2) is 11.8 Å². The van der Waals surface area contributed by atoms with Crippen LogP contribution in [0.4, 0.5) is 5.69 Å². The van der Waals surface area contributed by atoms with Crippen LogP contribution < -0.4 is 4.74 Å². The second-order valence-electron chi connectivity index (χ2n) is 6.97. The molecule has 1 aliphatic heterocycles. The second kappa shape index (κ2) is 9.98. The number of amidine groups is 1. The zero-order chi connectivity index (χ0) is 22.3. The minimum atomic E-state index is -1.03. The number of nitrogens with zero attached hydrogens (tertiary/aromatic N) is 2. The fourth-order valence-corrected chi connectivity index (χ4v) is 4.06. The quantitative estimate of drug-likeness (QED) is 0.522. The summed E-state index contributed by atoms with van der Waals surface area (Å²) in [6, 6.07) is 26.3. The van der Waals surface area contributed by atoms with Gasteiger partial charge in [-0.15, -0.1) is 0 Å². The zero-order valence-corrected chi connectivity index (χ0v) is 17.9. The van der Waals surface area contributed by atoms with Crippen LogP contribution in [-0.4, -0.2) is 33.7 Å². The number of hydrogen-bond donors (Lipinski definition) is 1. The normalized spacial score (nSPS) is 16.0. The number of amides is 1. The highest BCUT2D eigenvalue weighted by molar-refractivity contribution is 8.18. The lowest BCUT2D eigenvalue weighted by Gasteiger charge is -2.15. The van der Waals surface area contributed by atoms with Crippen LogP contribution in [0.1, 0.15) is 11.1 Å². The maximum Gasteiger partial charge on any atom is 0.341 e. The standard InChI is InChI=1S/C25H20N2O4S/c28-23(29)17-31-21-13-11-18(12-14-21)15-22-24(30)27(16-19-7-3-1-4-8-19)25(32-22)26-20-9-5-2-6-10-20/h1-15H,16-17H2,(H,28,29)/b22-15-,26-25?. The van der Waals surface area contributed by atoms with E-state index in [4.69, 9.17) is 14.8 Å². The predicted molar refractivity (Wildman–Crippen MR) is 126 cm³/mol. The van der Waals surface area contributed by atoms with E-state index in [0.29, 0.717) is 22.4 Å². The lowest BCUT2D eigenvalue weighted by molar-refractivity contribution is -0.139. The summed E-state index contributed by atoms with van der Waals surface area (Å²) in [5.41, 5.74) is 2.61. The molecule has 1 amide bonds. The number of hydrogen-bond acceptors (Lipinski definition) is 5. The summed E-state index contributed by atoms with van der Waals surface area (Å²) in [6.07, 6.45) is 1.81. The Balaban J connectivity index is 1.59. The van der Waals surface area contributed by atoms with Crippen molar-refractivity contribution < 1.29 is 19.4 Å². The molecule has 160 valence electrons. The highest BCUT2D eigenvalue weighted by Gasteiger charge is 2.33. The molecule has 0 saturated carbocycles. The average molecular weight is 445 g/mol. The van der Waals surface area contributed by atoms with E-state index in [1.165, 1.54) is 11.8 Å². The summed E-state index contributed by atoms with van der Waals surface area (Å²) >= 11 is 1.33. The van der Waals surface area contributed by atoms with E-state index in [2.05, 4.69) is 0 Å². The number of carbonyl (C=O) groups excluding carboxylic acids is 1. The molecule has 3 aromatic carbocycles. The molecule has 1 fully saturated rings. The molecule has 0 bridgehead atoms. The van der Waals surface area contributed by atoms with Gasteiger partial charge in [-0.25, -0.2) is 9.79 Å². The lowest BCUT2D eigenvalue weighted by Crippen LogP contribution is -2.28. The molecule has 0 unspecified atom stereocenters. The SMILES string of the molecule is O=C(O)COc1ccc(/C=C2\SC(=Nc3ccccc3)N(Cc3ccccc3)C2=O)cc1. The number of thioether (sulfide) groups is 1. The van der Waals surface area contributed by atoms with Crippen LogP contribution >= 0.6 is 11.8 Å². The summed E-state index contributed by atoms with van der Waals surface area (Å²) in [4.78, 5) is 30.8. The van der Waals surface area contributed by atoms with Crippen molar-refractivity contribution in [3.8, 4) is 5.75 Å². The zero-order valence-electron chi connectivity index (χ0n) is 17.0. The van der Waals surface area contributed by atoms with Gasteiger partial charge >= 0.3 is 5.97 Å². The number of aliphatic carboxylic acids is 1. The molecule has 6 nitrogen and oxygen atoms in total. The van der Waals surface area contributed by atoms with E-state index < -0.39 is 12.6 Å². The Bertz CT molecular complexity index is 1160. The molecule has 0 aliphatic carbocycles. The van der Waals surface area contributed by atoms with Gasteiger partial charge in [0.1, 0.15) is 5.75 Å². The van der Waals surface area contributed by atoms with Crippen molar-refractivity contribution in [2.75, 3.05) is 6.61 Å². The third-order valence-electron chi connectivity index (χ3n) is 4.59. The molecular weight excluding hydrogens is 424 g/mol. The summed E-state index contributed by atoms with van der Waals surface area (Å²) in [5.74, 6) is -0.690. The van der Waals surface area contributed by atoms with Gasteiger partial charge in [-0.3, -0.25) is 9.69 Å². The van der Waals surface area contributed by atoms with E-state index in [1.807, 2.05) is 60.7 Å². The van der Waals surface area contributed by atoms with Gasteiger partial charge in [0, 0.05) is 0 Å². The number of carbonyl (C=O) groups is 2. The van der Waals surface area contributed by atoms with Gasteiger partial charge < -0.3 is 9.84 Å². The van der Waals surface area contributed by atoms with Crippen LogP contribution in [0.5, 0.6) is 5.75 Å². The number of carboxylic acid groups (broad SMARTS) is 1. The molecule has 1 saturated heterocycles. The van der Waals surface area contributed by atoms with Gasteiger partial charge in [0.05, 0.1) is 17.1 Å². The first kappa shape index (κ1) is 21.4. The van der Waals surface area contributed by atoms with Gasteiger partial charge in [-0.2, -0.15) is 0 Å². The molecule has 1 aliphatic rings. The predicted octanol–water partition coefficient (Wildman–Crippen LogP) is 4.95. The van der Waals surface area contributed by atoms with E-state index >= 15 is 0 Å². The number of benzene rings is 3. The Hall–Kier alpha value is -3.84. The Kier molecular flexibility index (Phi) is 6.67. The number of ether oxygens (including phenoxy) is 1. The molecule has 3 aromatic rings. The van der Waals surface area contributed by atoms with Gasteiger partial charge in [-0.1, -0.05) is 60.7 Å². The average Bonchev–Trinajstić information content (AvgIpc) is 3.09. The fourth-order valence-electron chi connectivity index (χ4n) is 3.07. The van der Waals surface area contributed by atoms with Crippen LogP contribution in [0, 0.1) is 0 Å². The maximum atomic E-state index is 13.2. The number of aliphatic imine (C=N–C) groups is 1. The minimum absolute atomic E-state index is 0.111. The Labute approximate surface area is 189 Å². The van der Waals surface area contributed by atoms with Gasteiger partial charge in [-0.05, 0) is 53.2 Å². The van der Waals surface area contributed by atoms with E-state index in [9.17, 15) is 9.59 Å². The third-order valence-corrected chi connectivity index (χ3v) is 5.60. The highest BCUT2D eigenvalue weighted by Crippen LogP contribution is 2.35. The molecule has 1 heterocycles. The summed E-state index contributed by atoms with van der Waals surface area (Å²) in [5, 5.41) is 9.34. The molecule has 0 radical (unpaired) electrons. The molecular formula is C25H20N2O4S. The lowest BCUT2D eigenvalue weighted by atomic mass is 10.2. The van der Waals surface area contributed by atoms with Crippen molar-refractivity contribution in [1.29, 1.82) is 0 Å². The fraction of sp³-hybridized carbons (Fsp3) is 0.0800. The minimum Gasteiger partial charge on any atom is -0.482 e. The van der Waals surface area contributed by atoms with E-state index in [0.717, 1.165) is 16.8 Å². The van der Waals surface area contributed by atoms with Crippen molar-refractivity contribution in [3.63, 3.8) is 0 Å². The summed E-state index contributed by atoms with van der Waals surface area (Å²) in [6.45, 7) is 0.0280. The molecule has 0 aromatic heterocycles. The Morgan fingerprint density at radius 1 is 0.969 bits per heavy atom. The molecule has 7 heteroatoms. The van der Waals surface area contributed by atoms with Crippen LogP contribution in [-0.2, 0) is 16.1 Å². The van der Waals surface area contributed by atoms with Crippen LogP contribution in [0.25, 0.3) is 6.08 Å². The first-order valence-electron chi connectivity index (χ1n) is 9.92. The second-order valence-corrected chi connectivity index (χ2v) is 7.98. The first-order valence-corrected chi connectivity index (χ1v) is 10.7. The van der Waals surface area contributed by atoms with Crippen LogP contribution in [0.15, 0.2) is 94.8 Å². The van der Waals surface area contributed by atoms with Crippen molar-refractivity contribution in [2.45, 2.75) is 6.54 Å². The van der Waals surface area contributed by atoms with Crippen molar-refractivity contribution in [3.05, 3.63) is 101 Å². The number of rotatable bonds is 7. The van der Waals surface area contributed by atoms with E-state index in [1.54, 1.807) is 35.2 Å². The number of para-hydroxylation sites is 1. The molecule has 1 N–H and O–H groups in total. The highest BCUT2D eigenvalue weighted by atomic mass is 32.2. The van der Waals surface area contributed by atoms with Gasteiger partial charge in [0.2, 0.25) is 0 Å². The summed E-state index contributed by atoms with van der Waals surface area (Å²) < 4.78 is 5.16. The molecule has 0 atom stereocenters. The topological polar surface area (TPSA) is 79.2 Å². The van der Waals surface area contributed by atoms with Crippen molar-refractivity contribution >= 4 is 40.6 Å². The van der Waals surface area contributed by atoms with Crippen LogP contribution in [0.2, 0.25) is 0 Å². The molecule has 4 rings (SSSR count). The maximum absolute atomic E-state index is 13.2. The Morgan fingerprint density at radius 2 is 1.62 bits per heavy atom. The monoisotopic (exact) mass is 444 g/mol. The molecule has 0 spiro atoms. The van der Waals surface area contributed by atoms with Crippen LogP contribution in [0.3, 0.4) is 0 Å². The molecule has 32 heavy (non-hydrogen) atoms. The van der Waals surface area contributed by atoms with Crippen molar-refractivity contribution in [2.24, 2.45) is 4.99 Å². The Morgan fingerprint density at radius 3 is 2.28 bits per heavy atom. The van der Waals surface area contributed by atoms with Crippen molar-refractivity contribution in [1.82, 2.24) is 4.90 Å².